The second-order valence-electron chi connectivity index (χ2n) is 6.57. The molecule has 0 atom stereocenters. The highest BCUT2D eigenvalue weighted by molar-refractivity contribution is 6.04. The molecular formula is C23H19N3O2. The summed E-state index contributed by atoms with van der Waals surface area (Å²) in [6.07, 6.45) is 2.15. The van der Waals surface area contributed by atoms with Crippen molar-refractivity contribution in [2.45, 2.75) is 12.8 Å². The number of hydrogen-bond acceptors (Lipinski definition) is 3. The molecule has 138 valence electrons. The van der Waals surface area contributed by atoms with Crippen LogP contribution in [-0.4, -0.2) is 21.6 Å². The Kier molecular flexibility index (Phi) is 4.97. The summed E-state index contributed by atoms with van der Waals surface area (Å²) in [5.41, 5.74) is 3.05. The quantitative estimate of drug-likeness (QED) is 0.576. The molecule has 1 N–H and O–H groups in total. The SMILES string of the molecule is O=C(Cc1ccccc1)Nc1cccc2cnn(C(=O)Cc3ccccc3)c12. The van der Waals surface area contributed by atoms with Gasteiger partial charge in [0, 0.05) is 5.39 Å². The second kappa shape index (κ2) is 7.88. The minimum atomic E-state index is -0.147. The Hall–Kier alpha value is -3.73. The number of carbonyl (C=O) groups excluding carboxylic acids is 2. The van der Waals surface area contributed by atoms with E-state index in [0.29, 0.717) is 11.2 Å². The third kappa shape index (κ3) is 3.83. The van der Waals surface area contributed by atoms with E-state index in [1.54, 1.807) is 12.3 Å². The molecule has 0 spiro atoms. The number of hydrogen-bond donors (Lipinski definition) is 1. The van der Waals surface area contributed by atoms with E-state index in [4.69, 9.17) is 0 Å². The second-order valence-corrected chi connectivity index (χ2v) is 6.57. The summed E-state index contributed by atoms with van der Waals surface area (Å²) in [4.78, 5) is 25.3. The molecule has 28 heavy (non-hydrogen) atoms. The molecule has 1 aromatic heterocycles. The predicted octanol–water partition coefficient (Wildman–Crippen LogP) is 4.10. The van der Waals surface area contributed by atoms with Crippen LogP contribution in [0.25, 0.3) is 10.9 Å². The molecular weight excluding hydrogens is 350 g/mol. The first-order valence-corrected chi connectivity index (χ1v) is 9.08. The highest BCUT2D eigenvalue weighted by Crippen LogP contribution is 2.24. The van der Waals surface area contributed by atoms with Crippen LogP contribution in [0.4, 0.5) is 5.69 Å². The molecule has 1 amide bonds. The molecule has 0 radical (unpaired) electrons. The first-order chi connectivity index (χ1) is 13.7. The summed E-state index contributed by atoms with van der Waals surface area (Å²) in [5.74, 6) is -0.284. The van der Waals surface area contributed by atoms with Crippen LogP contribution in [0.5, 0.6) is 0 Å². The number of fused-ring (bicyclic) bond motifs is 1. The third-order valence-corrected chi connectivity index (χ3v) is 4.51. The highest BCUT2D eigenvalue weighted by Gasteiger charge is 2.16. The molecule has 0 bridgehead atoms. The Bertz CT molecular complexity index is 1120. The van der Waals surface area contributed by atoms with E-state index >= 15 is 0 Å². The van der Waals surface area contributed by atoms with Gasteiger partial charge in [-0.25, -0.2) is 0 Å². The smallest absolute Gasteiger partial charge is 0.251 e. The maximum atomic E-state index is 12.8. The van der Waals surface area contributed by atoms with Gasteiger partial charge in [0.1, 0.15) is 5.52 Å². The van der Waals surface area contributed by atoms with Crippen molar-refractivity contribution in [1.29, 1.82) is 0 Å². The number of carbonyl (C=O) groups is 2. The Morgan fingerprint density at radius 3 is 2.11 bits per heavy atom. The van der Waals surface area contributed by atoms with E-state index in [0.717, 1.165) is 16.5 Å². The summed E-state index contributed by atoms with van der Waals surface area (Å²) in [5, 5.41) is 7.99. The zero-order valence-electron chi connectivity index (χ0n) is 15.2. The van der Waals surface area contributed by atoms with Crippen LogP contribution in [0.3, 0.4) is 0 Å². The van der Waals surface area contributed by atoms with Crippen LogP contribution in [0.15, 0.2) is 85.1 Å². The lowest BCUT2D eigenvalue weighted by atomic mass is 10.1. The van der Waals surface area contributed by atoms with Crippen molar-refractivity contribution in [2.75, 3.05) is 5.32 Å². The summed E-state index contributed by atoms with van der Waals surface area (Å²) in [6, 6.07) is 24.6. The minimum absolute atomic E-state index is 0.137. The Balaban J connectivity index is 1.60. The summed E-state index contributed by atoms with van der Waals surface area (Å²) >= 11 is 0. The van der Waals surface area contributed by atoms with Crippen molar-refractivity contribution in [3.05, 3.63) is 96.2 Å². The first-order valence-electron chi connectivity index (χ1n) is 9.08. The molecule has 0 saturated heterocycles. The van der Waals surface area contributed by atoms with E-state index in [-0.39, 0.29) is 24.7 Å². The molecule has 4 aromatic rings. The Morgan fingerprint density at radius 1 is 0.786 bits per heavy atom. The van der Waals surface area contributed by atoms with E-state index in [9.17, 15) is 9.59 Å². The van der Waals surface area contributed by atoms with Gasteiger partial charge in [-0.1, -0.05) is 72.8 Å². The molecule has 0 saturated carbocycles. The van der Waals surface area contributed by atoms with Crippen molar-refractivity contribution in [3.63, 3.8) is 0 Å². The fourth-order valence-corrected chi connectivity index (χ4v) is 3.19. The van der Waals surface area contributed by atoms with E-state index in [2.05, 4.69) is 10.4 Å². The van der Waals surface area contributed by atoms with E-state index in [1.807, 2.05) is 72.8 Å². The van der Waals surface area contributed by atoms with Gasteiger partial charge < -0.3 is 5.32 Å². The molecule has 5 nitrogen and oxygen atoms in total. The van der Waals surface area contributed by atoms with Crippen LogP contribution in [0, 0.1) is 0 Å². The Labute approximate surface area is 162 Å². The standard InChI is InChI=1S/C23H19N3O2/c27-21(14-17-8-3-1-4-9-17)25-20-13-7-12-19-16-24-26(23(19)20)22(28)15-18-10-5-2-6-11-18/h1-13,16H,14-15H2,(H,25,27). The number of nitrogens with zero attached hydrogens (tertiary/aromatic N) is 2. The number of rotatable bonds is 5. The van der Waals surface area contributed by atoms with Crippen molar-refractivity contribution in [2.24, 2.45) is 0 Å². The lowest BCUT2D eigenvalue weighted by Gasteiger charge is -2.09. The lowest BCUT2D eigenvalue weighted by molar-refractivity contribution is -0.115. The predicted molar refractivity (Wildman–Crippen MR) is 109 cm³/mol. The molecule has 0 aliphatic carbocycles. The van der Waals surface area contributed by atoms with E-state index in [1.165, 1.54) is 4.68 Å². The van der Waals surface area contributed by atoms with Gasteiger partial charge in [-0.3, -0.25) is 9.59 Å². The average Bonchev–Trinajstić information content (AvgIpc) is 3.15. The van der Waals surface area contributed by atoms with Gasteiger partial charge in [-0.15, -0.1) is 0 Å². The molecule has 1 heterocycles. The first kappa shape index (κ1) is 17.7. The van der Waals surface area contributed by atoms with Crippen molar-refractivity contribution in [3.8, 4) is 0 Å². The number of para-hydroxylation sites is 1. The van der Waals surface area contributed by atoms with Crippen LogP contribution >= 0.6 is 0 Å². The molecule has 5 heteroatoms. The maximum Gasteiger partial charge on any atom is 0.251 e. The van der Waals surface area contributed by atoms with Gasteiger partial charge in [0.15, 0.2) is 0 Å². The van der Waals surface area contributed by atoms with Crippen LogP contribution in [-0.2, 0) is 17.6 Å². The summed E-state index contributed by atoms with van der Waals surface area (Å²) < 4.78 is 1.38. The number of nitrogens with one attached hydrogen (secondary N) is 1. The molecule has 0 unspecified atom stereocenters. The van der Waals surface area contributed by atoms with E-state index < -0.39 is 0 Å². The minimum Gasteiger partial charge on any atom is -0.324 e. The monoisotopic (exact) mass is 369 g/mol. The van der Waals surface area contributed by atoms with Gasteiger partial charge in [0.05, 0.1) is 24.7 Å². The van der Waals surface area contributed by atoms with Crippen molar-refractivity contribution < 1.29 is 9.59 Å². The molecule has 0 aliphatic rings. The Morgan fingerprint density at radius 2 is 1.43 bits per heavy atom. The lowest BCUT2D eigenvalue weighted by Crippen LogP contribution is -2.18. The maximum absolute atomic E-state index is 12.8. The number of amides is 1. The fraction of sp³-hybridized carbons (Fsp3) is 0.0870. The fourth-order valence-electron chi connectivity index (χ4n) is 3.19. The van der Waals surface area contributed by atoms with Crippen LogP contribution < -0.4 is 5.32 Å². The molecule has 3 aromatic carbocycles. The van der Waals surface area contributed by atoms with Gasteiger partial charge >= 0.3 is 0 Å². The summed E-state index contributed by atoms with van der Waals surface area (Å²) in [6.45, 7) is 0. The van der Waals surface area contributed by atoms with Crippen molar-refractivity contribution in [1.82, 2.24) is 9.78 Å². The number of anilines is 1. The summed E-state index contributed by atoms with van der Waals surface area (Å²) in [7, 11) is 0. The average molecular weight is 369 g/mol. The highest BCUT2D eigenvalue weighted by atomic mass is 16.2. The number of aromatic nitrogens is 2. The van der Waals surface area contributed by atoms with Gasteiger partial charge in [-0.2, -0.15) is 9.78 Å². The van der Waals surface area contributed by atoms with Gasteiger partial charge in [0.25, 0.3) is 5.91 Å². The van der Waals surface area contributed by atoms with Crippen molar-refractivity contribution >= 4 is 28.4 Å². The van der Waals surface area contributed by atoms with Gasteiger partial charge in [-0.05, 0) is 17.2 Å². The molecule has 0 fully saturated rings. The zero-order chi connectivity index (χ0) is 19.3. The normalized spacial score (nSPS) is 10.7. The topological polar surface area (TPSA) is 64.0 Å². The zero-order valence-corrected chi connectivity index (χ0v) is 15.2. The third-order valence-electron chi connectivity index (χ3n) is 4.51. The van der Waals surface area contributed by atoms with Crippen LogP contribution in [0.2, 0.25) is 0 Å². The molecule has 0 aliphatic heterocycles. The molecule has 4 rings (SSSR count). The van der Waals surface area contributed by atoms with Crippen LogP contribution in [0.1, 0.15) is 15.9 Å². The van der Waals surface area contributed by atoms with Gasteiger partial charge in [0.2, 0.25) is 5.91 Å². The largest absolute Gasteiger partial charge is 0.324 e. The number of benzene rings is 3.